The number of aromatic nitrogens is 2. The van der Waals surface area contributed by atoms with Crippen molar-refractivity contribution in [1.29, 1.82) is 0 Å². The molecule has 0 atom stereocenters. The van der Waals surface area contributed by atoms with Crippen LogP contribution in [0.2, 0.25) is 0 Å². The van der Waals surface area contributed by atoms with Crippen LogP contribution in [-0.4, -0.2) is 9.55 Å². The Labute approximate surface area is 89.4 Å². The number of H-pyrrole nitrogens is 1. The van der Waals surface area contributed by atoms with Gasteiger partial charge in [0.05, 0.1) is 5.56 Å². The van der Waals surface area contributed by atoms with Gasteiger partial charge in [-0.15, -0.1) is 0 Å². The van der Waals surface area contributed by atoms with Crippen LogP contribution >= 0.6 is 15.9 Å². The number of nitrogens with one attached hydrogen (secondary N) is 1. The molecule has 1 aromatic rings. The zero-order chi connectivity index (χ0) is 10.6. The van der Waals surface area contributed by atoms with Crippen molar-refractivity contribution in [2.45, 2.75) is 19.9 Å². The first-order valence-corrected chi connectivity index (χ1v) is 5.21. The van der Waals surface area contributed by atoms with E-state index in [0.29, 0.717) is 12.1 Å². The summed E-state index contributed by atoms with van der Waals surface area (Å²) in [6, 6.07) is 0. The standard InChI is InChI=1S/C9H11BrN2O2/c1-2-5-12-6-7(3-4-10)8(13)11-9(12)14/h3-4,6H,2,5H2,1H3,(H,11,13,14)/b4-3+. The van der Waals surface area contributed by atoms with Gasteiger partial charge in [0.25, 0.3) is 5.56 Å². The molecule has 0 bridgehead atoms. The lowest BCUT2D eigenvalue weighted by Gasteiger charge is -2.02. The van der Waals surface area contributed by atoms with Gasteiger partial charge in [-0.2, -0.15) is 0 Å². The molecule has 1 N–H and O–H groups in total. The molecule has 1 heterocycles. The van der Waals surface area contributed by atoms with E-state index in [1.165, 1.54) is 4.57 Å². The van der Waals surface area contributed by atoms with Gasteiger partial charge in [0.1, 0.15) is 0 Å². The van der Waals surface area contributed by atoms with E-state index in [0.717, 1.165) is 6.42 Å². The topological polar surface area (TPSA) is 54.9 Å². The average Bonchev–Trinajstić information content (AvgIpc) is 2.14. The Hall–Kier alpha value is -1.10. The molecule has 0 unspecified atom stereocenters. The van der Waals surface area contributed by atoms with E-state index in [1.54, 1.807) is 17.3 Å². The molecule has 0 aliphatic rings. The van der Waals surface area contributed by atoms with Gasteiger partial charge in [-0.25, -0.2) is 4.79 Å². The highest BCUT2D eigenvalue weighted by molar-refractivity contribution is 9.11. The van der Waals surface area contributed by atoms with Gasteiger partial charge >= 0.3 is 5.69 Å². The first kappa shape index (κ1) is 11.0. The molecule has 4 nitrogen and oxygen atoms in total. The molecule has 0 saturated carbocycles. The first-order valence-electron chi connectivity index (χ1n) is 4.29. The Balaban J connectivity index is 3.27. The molecule has 1 rings (SSSR count). The molecule has 0 amide bonds. The van der Waals surface area contributed by atoms with Crippen molar-refractivity contribution in [3.05, 3.63) is 37.6 Å². The highest BCUT2D eigenvalue weighted by atomic mass is 79.9. The van der Waals surface area contributed by atoms with E-state index in [1.807, 2.05) is 6.92 Å². The van der Waals surface area contributed by atoms with E-state index in [9.17, 15) is 9.59 Å². The fourth-order valence-electron chi connectivity index (χ4n) is 1.12. The second kappa shape index (κ2) is 4.95. The molecule has 0 aromatic carbocycles. The van der Waals surface area contributed by atoms with Crippen molar-refractivity contribution < 1.29 is 0 Å². The smallest absolute Gasteiger partial charge is 0.300 e. The summed E-state index contributed by atoms with van der Waals surface area (Å²) < 4.78 is 1.49. The first-order chi connectivity index (χ1) is 6.69. The van der Waals surface area contributed by atoms with E-state index >= 15 is 0 Å². The average molecular weight is 259 g/mol. The maximum atomic E-state index is 11.3. The summed E-state index contributed by atoms with van der Waals surface area (Å²) in [5, 5.41) is 0. The molecular formula is C9H11BrN2O2. The molecular weight excluding hydrogens is 248 g/mol. The Kier molecular flexibility index (Phi) is 3.88. The SMILES string of the molecule is CCCn1cc(/C=C/Br)c(=O)[nH]c1=O. The molecule has 76 valence electrons. The van der Waals surface area contributed by atoms with E-state index in [-0.39, 0.29) is 11.2 Å². The maximum absolute atomic E-state index is 11.3. The van der Waals surface area contributed by atoms with E-state index in [4.69, 9.17) is 0 Å². The van der Waals surface area contributed by atoms with Crippen molar-refractivity contribution in [3.8, 4) is 0 Å². The van der Waals surface area contributed by atoms with Crippen molar-refractivity contribution in [2.24, 2.45) is 0 Å². The summed E-state index contributed by atoms with van der Waals surface area (Å²) in [7, 11) is 0. The summed E-state index contributed by atoms with van der Waals surface area (Å²) in [6.07, 6.45) is 4.01. The fraction of sp³-hybridized carbons (Fsp3) is 0.333. The maximum Gasteiger partial charge on any atom is 0.328 e. The lowest BCUT2D eigenvalue weighted by atomic mass is 10.3. The Bertz CT molecular complexity index is 445. The molecule has 0 radical (unpaired) electrons. The second-order valence-electron chi connectivity index (χ2n) is 2.83. The Morgan fingerprint density at radius 2 is 2.29 bits per heavy atom. The minimum absolute atomic E-state index is 0.358. The number of aromatic amines is 1. The molecule has 0 aliphatic heterocycles. The van der Waals surface area contributed by atoms with Crippen LogP contribution in [-0.2, 0) is 6.54 Å². The number of hydrogen-bond acceptors (Lipinski definition) is 2. The van der Waals surface area contributed by atoms with Crippen LogP contribution in [0.5, 0.6) is 0 Å². The predicted octanol–water partition coefficient (Wildman–Crippen LogP) is 1.31. The lowest BCUT2D eigenvalue weighted by Crippen LogP contribution is -2.30. The van der Waals surface area contributed by atoms with Gasteiger partial charge in [-0.05, 0) is 17.5 Å². The molecule has 14 heavy (non-hydrogen) atoms. The zero-order valence-corrected chi connectivity index (χ0v) is 9.37. The lowest BCUT2D eigenvalue weighted by molar-refractivity contribution is 0.631. The van der Waals surface area contributed by atoms with Gasteiger partial charge in [0, 0.05) is 12.7 Å². The van der Waals surface area contributed by atoms with Crippen LogP contribution in [0.15, 0.2) is 20.8 Å². The van der Waals surface area contributed by atoms with Crippen LogP contribution < -0.4 is 11.2 Å². The van der Waals surface area contributed by atoms with Gasteiger partial charge in [0.15, 0.2) is 0 Å². The molecule has 1 aromatic heterocycles. The van der Waals surface area contributed by atoms with Crippen LogP contribution in [0.25, 0.3) is 6.08 Å². The van der Waals surface area contributed by atoms with Crippen molar-refractivity contribution in [1.82, 2.24) is 9.55 Å². The van der Waals surface area contributed by atoms with Crippen molar-refractivity contribution in [2.75, 3.05) is 0 Å². The third-order valence-electron chi connectivity index (χ3n) is 1.75. The van der Waals surface area contributed by atoms with Crippen LogP contribution in [0.1, 0.15) is 18.9 Å². The normalized spacial score (nSPS) is 11.0. The highest BCUT2D eigenvalue weighted by Gasteiger charge is 2.00. The highest BCUT2D eigenvalue weighted by Crippen LogP contribution is 1.95. The van der Waals surface area contributed by atoms with Crippen molar-refractivity contribution in [3.63, 3.8) is 0 Å². The quantitative estimate of drug-likeness (QED) is 0.889. The molecule has 0 saturated heterocycles. The summed E-state index contributed by atoms with van der Waals surface area (Å²) in [5.41, 5.74) is -0.253. The minimum Gasteiger partial charge on any atom is -0.300 e. The predicted molar refractivity (Wildman–Crippen MR) is 59.6 cm³/mol. The fourth-order valence-corrected chi connectivity index (χ4v) is 1.40. The Morgan fingerprint density at radius 1 is 1.57 bits per heavy atom. The van der Waals surface area contributed by atoms with Gasteiger partial charge < -0.3 is 4.57 Å². The molecule has 0 spiro atoms. The Morgan fingerprint density at radius 3 is 2.86 bits per heavy atom. The zero-order valence-electron chi connectivity index (χ0n) is 7.79. The largest absolute Gasteiger partial charge is 0.328 e. The van der Waals surface area contributed by atoms with E-state index in [2.05, 4.69) is 20.9 Å². The summed E-state index contributed by atoms with van der Waals surface area (Å²) in [4.78, 5) is 26.3. The number of rotatable bonds is 3. The van der Waals surface area contributed by atoms with Gasteiger partial charge in [-0.3, -0.25) is 9.78 Å². The van der Waals surface area contributed by atoms with E-state index < -0.39 is 0 Å². The van der Waals surface area contributed by atoms with Crippen LogP contribution in [0.4, 0.5) is 0 Å². The third-order valence-corrected chi connectivity index (χ3v) is 2.01. The number of aryl methyl sites for hydroxylation is 1. The second-order valence-corrected chi connectivity index (χ2v) is 3.36. The monoisotopic (exact) mass is 258 g/mol. The summed E-state index contributed by atoms with van der Waals surface area (Å²) in [5.74, 6) is 0. The molecule has 0 aliphatic carbocycles. The number of halogens is 1. The summed E-state index contributed by atoms with van der Waals surface area (Å²) in [6.45, 7) is 2.58. The third kappa shape index (κ3) is 2.45. The summed E-state index contributed by atoms with van der Waals surface area (Å²) >= 11 is 3.08. The molecule has 5 heteroatoms. The van der Waals surface area contributed by atoms with Crippen LogP contribution in [0.3, 0.4) is 0 Å². The minimum atomic E-state index is -0.363. The number of nitrogens with zero attached hydrogens (tertiary/aromatic N) is 1. The van der Waals surface area contributed by atoms with Gasteiger partial charge in [-0.1, -0.05) is 22.9 Å². The van der Waals surface area contributed by atoms with Gasteiger partial charge in [0.2, 0.25) is 0 Å². The number of hydrogen-bond donors (Lipinski definition) is 1. The molecule has 0 fully saturated rings. The van der Waals surface area contributed by atoms with Crippen LogP contribution in [0, 0.1) is 0 Å². The van der Waals surface area contributed by atoms with Crippen molar-refractivity contribution >= 4 is 22.0 Å².